The van der Waals surface area contributed by atoms with E-state index in [0.717, 1.165) is 51.2 Å². The molecular formula is C34H47NO3Si. The largest absolute Gasteiger partial charge is 0.497 e. The molecule has 1 N–H and O–H groups in total. The maximum atomic E-state index is 7.21. The van der Waals surface area contributed by atoms with Crippen LogP contribution in [-0.4, -0.2) is 40.8 Å². The van der Waals surface area contributed by atoms with Gasteiger partial charge in [-0.2, -0.15) is 0 Å². The Morgan fingerprint density at radius 1 is 0.821 bits per heavy atom. The number of nitrogens with one attached hydrogen (secondary N) is 1. The molecule has 0 saturated heterocycles. The third kappa shape index (κ3) is 7.61. The lowest BCUT2D eigenvalue weighted by Gasteiger charge is -2.44. The molecule has 1 aliphatic carbocycles. The molecule has 0 bridgehead atoms. The first-order valence-electron chi connectivity index (χ1n) is 14.5. The molecule has 1 saturated carbocycles. The standard InChI is InChI=1S/C34H47NO3Si/c1-27(35-24-28-16-20-30(36-5)21-17-28)25-37-31-22-18-29(19-23-31)26-38-39(34(2,3)4,32-12-8-6-9-13-32)33-14-10-7-11-15-33/h6-17,20-21,27,29,31,35H,18-19,22-26H2,1-5H3. The second-order valence-corrected chi connectivity index (χ2v) is 16.4. The normalized spacial score (nSPS) is 19.0. The Balaban J connectivity index is 1.29. The minimum absolute atomic E-state index is 0.0188. The van der Waals surface area contributed by atoms with Gasteiger partial charge in [0.15, 0.2) is 0 Å². The number of rotatable bonds is 12. The molecule has 4 nitrogen and oxygen atoms in total. The predicted molar refractivity (Wildman–Crippen MR) is 165 cm³/mol. The van der Waals surface area contributed by atoms with E-state index in [9.17, 15) is 0 Å². The first-order valence-corrected chi connectivity index (χ1v) is 16.5. The monoisotopic (exact) mass is 545 g/mol. The van der Waals surface area contributed by atoms with Crippen molar-refractivity contribution in [1.29, 1.82) is 0 Å². The van der Waals surface area contributed by atoms with Crippen LogP contribution in [0.5, 0.6) is 5.75 Å². The molecular weight excluding hydrogens is 498 g/mol. The first-order chi connectivity index (χ1) is 18.8. The summed E-state index contributed by atoms with van der Waals surface area (Å²) in [5, 5.41) is 6.32. The van der Waals surface area contributed by atoms with Crippen LogP contribution in [0, 0.1) is 5.92 Å². The molecule has 0 heterocycles. The van der Waals surface area contributed by atoms with Crippen molar-refractivity contribution in [2.45, 2.75) is 77.1 Å². The van der Waals surface area contributed by atoms with Crippen LogP contribution >= 0.6 is 0 Å². The van der Waals surface area contributed by atoms with Gasteiger partial charge in [0.2, 0.25) is 0 Å². The summed E-state index contributed by atoms with van der Waals surface area (Å²) in [6.07, 6.45) is 4.90. The van der Waals surface area contributed by atoms with Crippen LogP contribution in [0.4, 0.5) is 0 Å². The molecule has 0 aliphatic heterocycles. The molecule has 210 valence electrons. The Hall–Kier alpha value is -2.44. The van der Waals surface area contributed by atoms with Gasteiger partial charge in [0.25, 0.3) is 8.32 Å². The van der Waals surface area contributed by atoms with Crippen molar-refractivity contribution >= 4 is 18.7 Å². The topological polar surface area (TPSA) is 39.7 Å². The molecule has 0 aromatic heterocycles. The summed E-state index contributed by atoms with van der Waals surface area (Å²) in [5.74, 6) is 1.47. The van der Waals surface area contributed by atoms with E-state index in [1.165, 1.54) is 15.9 Å². The highest BCUT2D eigenvalue weighted by atomic mass is 28.4. The van der Waals surface area contributed by atoms with E-state index < -0.39 is 8.32 Å². The Morgan fingerprint density at radius 3 is 1.90 bits per heavy atom. The minimum Gasteiger partial charge on any atom is -0.497 e. The molecule has 0 spiro atoms. The van der Waals surface area contributed by atoms with Crippen LogP contribution in [0.1, 0.15) is 58.9 Å². The van der Waals surface area contributed by atoms with Crippen LogP contribution in [0.3, 0.4) is 0 Å². The lowest BCUT2D eigenvalue weighted by atomic mass is 9.88. The molecule has 3 aromatic rings. The van der Waals surface area contributed by atoms with E-state index in [-0.39, 0.29) is 5.04 Å². The van der Waals surface area contributed by atoms with Crippen LogP contribution in [0.15, 0.2) is 84.9 Å². The van der Waals surface area contributed by atoms with E-state index in [0.29, 0.717) is 18.1 Å². The summed E-state index contributed by atoms with van der Waals surface area (Å²) < 4.78 is 18.8. The SMILES string of the molecule is COc1ccc(CNC(C)COC2CCC(CO[Si](c3ccccc3)(c3ccccc3)C(C)(C)C)CC2)cc1. The van der Waals surface area contributed by atoms with Crippen molar-refractivity contribution in [3.05, 3.63) is 90.5 Å². The maximum Gasteiger partial charge on any atom is 0.261 e. The molecule has 5 heteroatoms. The molecule has 0 amide bonds. The number of ether oxygens (including phenoxy) is 2. The summed E-state index contributed by atoms with van der Waals surface area (Å²) in [5.41, 5.74) is 1.25. The van der Waals surface area contributed by atoms with Crippen molar-refractivity contribution in [3.8, 4) is 5.75 Å². The van der Waals surface area contributed by atoms with E-state index in [2.05, 4.69) is 106 Å². The van der Waals surface area contributed by atoms with Gasteiger partial charge in [-0.15, -0.1) is 0 Å². The zero-order valence-electron chi connectivity index (χ0n) is 24.5. The second kappa shape index (κ2) is 13.8. The molecule has 3 aromatic carbocycles. The van der Waals surface area contributed by atoms with Gasteiger partial charge in [0.1, 0.15) is 5.75 Å². The summed E-state index contributed by atoms with van der Waals surface area (Å²) in [4.78, 5) is 0. The fraction of sp³-hybridized carbons (Fsp3) is 0.471. The Bertz CT molecular complexity index is 1070. The van der Waals surface area contributed by atoms with Crippen LogP contribution < -0.4 is 20.4 Å². The van der Waals surface area contributed by atoms with Gasteiger partial charge in [-0.05, 0) is 71.6 Å². The third-order valence-corrected chi connectivity index (χ3v) is 13.1. The highest BCUT2D eigenvalue weighted by molar-refractivity contribution is 6.99. The van der Waals surface area contributed by atoms with Crippen LogP contribution in [-0.2, 0) is 15.7 Å². The van der Waals surface area contributed by atoms with Gasteiger partial charge in [0, 0.05) is 19.2 Å². The number of hydrogen-bond donors (Lipinski definition) is 1. The first kappa shape index (κ1) is 29.5. The van der Waals surface area contributed by atoms with Gasteiger partial charge < -0.3 is 19.2 Å². The fourth-order valence-electron chi connectivity index (χ4n) is 5.84. The molecule has 1 aliphatic rings. The molecule has 39 heavy (non-hydrogen) atoms. The van der Waals surface area contributed by atoms with Crippen molar-refractivity contribution in [2.24, 2.45) is 5.92 Å². The molecule has 1 unspecified atom stereocenters. The lowest BCUT2D eigenvalue weighted by Crippen LogP contribution is -2.67. The zero-order chi connectivity index (χ0) is 27.7. The number of hydrogen-bond acceptors (Lipinski definition) is 4. The quantitative estimate of drug-likeness (QED) is 0.270. The van der Waals surface area contributed by atoms with E-state index in [1.54, 1.807) is 7.11 Å². The van der Waals surface area contributed by atoms with Gasteiger partial charge in [-0.25, -0.2) is 0 Å². The van der Waals surface area contributed by atoms with Crippen molar-refractivity contribution in [2.75, 3.05) is 20.3 Å². The fourth-order valence-corrected chi connectivity index (χ4v) is 10.5. The van der Waals surface area contributed by atoms with Gasteiger partial charge in [-0.1, -0.05) is 93.6 Å². The minimum atomic E-state index is -2.47. The highest BCUT2D eigenvalue weighted by Gasteiger charge is 2.50. The number of methoxy groups -OCH3 is 1. The third-order valence-electron chi connectivity index (χ3n) is 8.14. The lowest BCUT2D eigenvalue weighted by molar-refractivity contribution is 0.00364. The summed E-state index contributed by atoms with van der Waals surface area (Å²) >= 11 is 0. The van der Waals surface area contributed by atoms with Crippen LogP contribution in [0.25, 0.3) is 0 Å². The van der Waals surface area contributed by atoms with Crippen molar-refractivity contribution < 1.29 is 13.9 Å². The summed E-state index contributed by atoms with van der Waals surface area (Å²) in [6, 6.07) is 30.5. The van der Waals surface area contributed by atoms with E-state index in [1.807, 2.05) is 12.1 Å². The Kier molecular flexibility index (Phi) is 10.4. The molecule has 0 radical (unpaired) electrons. The smallest absolute Gasteiger partial charge is 0.261 e. The van der Waals surface area contributed by atoms with Crippen LogP contribution in [0.2, 0.25) is 5.04 Å². The van der Waals surface area contributed by atoms with E-state index >= 15 is 0 Å². The Labute approximate surface area is 237 Å². The average Bonchev–Trinajstić information content (AvgIpc) is 2.96. The average molecular weight is 546 g/mol. The predicted octanol–water partition coefficient (Wildman–Crippen LogP) is 6.33. The van der Waals surface area contributed by atoms with E-state index in [4.69, 9.17) is 13.9 Å². The van der Waals surface area contributed by atoms with Gasteiger partial charge in [-0.3, -0.25) is 0 Å². The highest BCUT2D eigenvalue weighted by Crippen LogP contribution is 2.38. The van der Waals surface area contributed by atoms with Crippen molar-refractivity contribution in [1.82, 2.24) is 5.32 Å². The van der Waals surface area contributed by atoms with Crippen molar-refractivity contribution in [3.63, 3.8) is 0 Å². The van der Waals surface area contributed by atoms with Gasteiger partial charge >= 0.3 is 0 Å². The molecule has 4 rings (SSSR count). The second-order valence-electron chi connectivity index (χ2n) is 12.1. The summed E-state index contributed by atoms with van der Waals surface area (Å²) in [6.45, 7) is 11.7. The maximum absolute atomic E-state index is 7.21. The zero-order valence-corrected chi connectivity index (χ0v) is 25.5. The van der Waals surface area contributed by atoms with Gasteiger partial charge in [0.05, 0.1) is 19.8 Å². The molecule has 1 fully saturated rings. The summed E-state index contributed by atoms with van der Waals surface area (Å²) in [7, 11) is -0.772. The number of benzene rings is 3. The molecule has 1 atom stereocenters. The Morgan fingerprint density at radius 2 is 1.38 bits per heavy atom.